The summed E-state index contributed by atoms with van der Waals surface area (Å²) in [6, 6.07) is 9.48. The maximum atomic E-state index is 15.5. The van der Waals surface area contributed by atoms with E-state index in [1.807, 2.05) is 0 Å². The van der Waals surface area contributed by atoms with Crippen molar-refractivity contribution >= 4 is 40.4 Å². The first kappa shape index (κ1) is 28.5. The number of carbonyl (C=O) groups excluding carboxylic acids is 1. The van der Waals surface area contributed by atoms with E-state index < -0.39 is 50.5 Å². The van der Waals surface area contributed by atoms with E-state index in [0.29, 0.717) is 0 Å². The van der Waals surface area contributed by atoms with Gasteiger partial charge in [-0.3, -0.25) is 25.0 Å². The molecule has 0 aliphatic carbocycles. The largest absolute Gasteiger partial charge is 0.305 e. The van der Waals surface area contributed by atoms with Gasteiger partial charge in [0, 0.05) is 59.9 Å². The number of hydrogen-bond acceptors (Lipinski definition) is 9. The lowest BCUT2D eigenvalue weighted by Crippen LogP contribution is -2.26. The van der Waals surface area contributed by atoms with Gasteiger partial charge in [0.25, 0.3) is 0 Å². The Bertz CT molecular complexity index is 1510. The Morgan fingerprint density at radius 3 is 1.50 bits per heavy atom. The minimum Gasteiger partial charge on any atom is -0.298 e. The Hall–Kier alpha value is -4.49. The molecule has 2 aromatic heterocycles. The van der Waals surface area contributed by atoms with Gasteiger partial charge in [-0.1, -0.05) is 24.3 Å². The average Bonchev–Trinajstić information content (AvgIpc) is 2.90. The Kier molecular flexibility index (Phi) is 8.65. The molecule has 0 amide bonds. The number of nitro groups is 2. The SMILES string of the molecule is O=C(C(Cc1ccnc(Cl)n1)c1cccc([N+](=O)[O-])c1F)C(Cc1ccnc(Cl)n1)c1cccc([N+](=O)[O-])c1F. The van der Waals surface area contributed by atoms with Crippen molar-refractivity contribution in [1.82, 2.24) is 19.9 Å². The zero-order chi connectivity index (χ0) is 29.0. The van der Waals surface area contributed by atoms with E-state index in [0.717, 1.165) is 12.1 Å². The fraction of sp³-hybridized carbons (Fsp3) is 0.160. The molecule has 40 heavy (non-hydrogen) atoms. The summed E-state index contributed by atoms with van der Waals surface area (Å²) in [7, 11) is 0. The first-order valence-electron chi connectivity index (χ1n) is 11.4. The average molecular weight is 589 g/mol. The summed E-state index contributed by atoms with van der Waals surface area (Å²) in [6.07, 6.45) is 1.99. The molecule has 11 nitrogen and oxygen atoms in total. The van der Waals surface area contributed by atoms with E-state index in [1.54, 1.807) is 0 Å². The van der Waals surface area contributed by atoms with Gasteiger partial charge in [-0.15, -0.1) is 0 Å². The Morgan fingerprint density at radius 2 is 1.15 bits per heavy atom. The van der Waals surface area contributed by atoms with Crippen LogP contribution in [0.25, 0.3) is 0 Å². The summed E-state index contributed by atoms with van der Waals surface area (Å²) in [5.41, 5.74) is -2.09. The first-order chi connectivity index (χ1) is 19.1. The number of hydrogen-bond donors (Lipinski definition) is 0. The van der Waals surface area contributed by atoms with Gasteiger partial charge in [0.2, 0.25) is 22.2 Å². The first-order valence-corrected chi connectivity index (χ1v) is 12.2. The number of carbonyl (C=O) groups is 1. The topological polar surface area (TPSA) is 155 Å². The molecule has 204 valence electrons. The highest BCUT2D eigenvalue weighted by atomic mass is 35.5. The van der Waals surface area contributed by atoms with Gasteiger partial charge < -0.3 is 0 Å². The van der Waals surface area contributed by atoms with Crippen LogP contribution in [0, 0.1) is 31.9 Å². The van der Waals surface area contributed by atoms with Gasteiger partial charge in [-0.25, -0.2) is 19.9 Å². The lowest BCUT2D eigenvalue weighted by atomic mass is 9.78. The van der Waals surface area contributed by atoms with Gasteiger partial charge in [-0.05, 0) is 35.3 Å². The van der Waals surface area contributed by atoms with Gasteiger partial charge in [-0.2, -0.15) is 8.78 Å². The summed E-state index contributed by atoms with van der Waals surface area (Å²) >= 11 is 11.8. The zero-order valence-corrected chi connectivity index (χ0v) is 21.6. The summed E-state index contributed by atoms with van der Waals surface area (Å²) in [5.74, 6) is -6.29. The Morgan fingerprint density at radius 1 is 0.750 bits per heavy atom. The fourth-order valence-electron chi connectivity index (χ4n) is 4.25. The van der Waals surface area contributed by atoms with Crippen molar-refractivity contribution in [2.24, 2.45) is 0 Å². The van der Waals surface area contributed by atoms with Crippen molar-refractivity contribution < 1.29 is 23.4 Å². The molecule has 4 rings (SSSR count). The number of halogens is 4. The normalized spacial score (nSPS) is 12.5. The predicted molar refractivity (Wildman–Crippen MR) is 138 cm³/mol. The lowest BCUT2D eigenvalue weighted by molar-refractivity contribution is -0.387. The highest BCUT2D eigenvalue weighted by Crippen LogP contribution is 2.37. The van der Waals surface area contributed by atoms with Crippen LogP contribution in [0.1, 0.15) is 34.4 Å². The van der Waals surface area contributed by atoms with Crippen molar-refractivity contribution in [1.29, 1.82) is 0 Å². The van der Waals surface area contributed by atoms with Crippen molar-refractivity contribution in [3.05, 3.63) is 126 Å². The Balaban J connectivity index is 1.91. The molecular formula is C25H16Cl2F2N6O5. The zero-order valence-electron chi connectivity index (χ0n) is 20.1. The standard InChI is InChI=1S/C25H16Cl2F2N6O5/c26-24-30-9-7-13(32-24)11-17(15-3-1-5-19(21(15)28)34(37)38)23(36)18(12-14-8-10-31-25(27)33-14)16-4-2-6-20(22(16)29)35(39)40/h1-10,17-18H,11-12H2. The fourth-order valence-corrected chi connectivity index (χ4v) is 4.58. The van der Waals surface area contributed by atoms with E-state index in [4.69, 9.17) is 23.2 Å². The summed E-state index contributed by atoms with van der Waals surface area (Å²) in [5, 5.41) is 22.6. The Labute approximate surface area is 234 Å². The third-order valence-electron chi connectivity index (χ3n) is 6.04. The number of ketones is 1. The van der Waals surface area contributed by atoms with Gasteiger partial charge in [0.05, 0.1) is 21.7 Å². The highest BCUT2D eigenvalue weighted by Gasteiger charge is 2.36. The molecule has 2 atom stereocenters. The van der Waals surface area contributed by atoms with E-state index in [1.165, 1.54) is 48.8 Å². The quantitative estimate of drug-likeness (QED) is 0.131. The molecule has 15 heteroatoms. The van der Waals surface area contributed by atoms with Crippen LogP contribution in [-0.2, 0) is 17.6 Å². The van der Waals surface area contributed by atoms with Crippen LogP contribution in [0.2, 0.25) is 10.6 Å². The van der Waals surface area contributed by atoms with Crippen molar-refractivity contribution in [2.45, 2.75) is 24.7 Å². The minimum absolute atomic E-state index is 0.167. The van der Waals surface area contributed by atoms with Crippen LogP contribution < -0.4 is 0 Å². The predicted octanol–water partition coefficient (Wildman–Crippen LogP) is 5.59. The van der Waals surface area contributed by atoms with Crippen molar-refractivity contribution in [2.75, 3.05) is 0 Å². The van der Waals surface area contributed by atoms with Crippen LogP contribution in [0.5, 0.6) is 0 Å². The number of nitro benzene ring substituents is 2. The van der Waals surface area contributed by atoms with E-state index in [-0.39, 0.29) is 45.9 Å². The number of nitrogens with zero attached hydrogens (tertiary/aromatic N) is 6. The van der Waals surface area contributed by atoms with Crippen molar-refractivity contribution in [3.63, 3.8) is 0 Å². The van der Waals surface area contributed by atoms with E-state index >= 15 is 8.78 Å². The second-order valence-corrected chi connectivity index (χ2v) is 9.10. The monoisotopic (exact) mass is 588 g/mol. The number of aromatic nitrogens is 4. The molecule has 2 heterocycles. The maximum absolute atomic E-state index is 15.5. The summed E-state index contributed by atoms with van der Waals surface area (Å²) in [6.45, 7) is 0. The van der Waals surface area contributed by atoms with Gasteiger partial charge >= 0.3 is 11.4 Å². The van der Waals surface area contributed by atoms with Crippen LogP contribution in [0.3, 0.4) is 0 Å². The van der Waals surface area contributed by atoms with Gasteiger partial charge in [0.15, 0.2) is 0 Å². The highest BCUT2D eigenvalue weighted by molar-refractivity contribution is 6.28. The number of rotatable bonds is 10. The maximum Gasteiger partial charge on any atom is 0.305 e. The molecule has 0 spiro atoms. The molecule has 0 N–H and O–H groups in total. The van der Waals surface area contributed by atoms with Crippen LogP contribution in [-0.4, -0.2) is 35.6 Å². The van der Waals surface area contributed by atoms with Crippen molar-refractivity contribution in [3.8, 4) is 0 Å². The summed E-state index contributed by atoms with van der Waals surface area (Å²) < 4.78 is 30.9. The second-order valence-electron chi connectivity index (χ2n) is 8.42. The van der Waals surface area contributed by atoms with Crippen LogP contribution in [0.15, 0.2) is 60.9 Å². The molecule has 2 aromatic carbocycles. The van der Waals surface area contributed by atoms with Gasteiger partial charge in [0.1, 0.15) is 5.78 Å². The molecule has 2 unspecified atom stereocenters. The molecule has 0 aliphatic heterocycles. The number of benzene rings is 2. The van der Waals surface area contributed by atoms with E-state index in [9.17, 15) is 25.0 Å². The molecule has 0 radical (unpaired) electrons. The molecule has 0 fully saturated rings. The summed E-state index contributed by atoms with van der Waals surface area (Å²) in [4.78, 5) is 50.9. The van der Waals surface area contributed by atoms with Crippen LogP contribution in [0.4, 0.5) is 20.2 Å². The second kappa shape index (κ2) is 12.1. The number of Topliss-reactive ketones (excluding diaryl/α,β-unsaturated/α-hetero) is 1. The molecule has 4 aromatic rings. The minimum atomic E-state index is -1.47. The molecule has 0 saturated carbocycles. The third kappa shape index (κ3) is 6.21. The molecule has 0 saturated heterocycles. The third-order valence-corrected chi connectivity index (χ3v) is 6.41. The lowest BCUT2D eigenvalue weighted by Gasteiger charge is -2.24. The van der Waals surface area contributed by atoms with Crippen LogP contribution >= 0.6 is 23.2 Å². The van der Waals surface area contributed by atoms with E-state index in [2.05, 4.69) is 19.9 Å². The smallest absolute Gasteiger partial charge is 0.298 e. The molecule has 0 bridgehead atoms. The molecule has 0 aliphatic rings. The molecular weight excluding hydrogens is 573 g/mol.